The van der Waals surface area contributed by atoms with Gasteiger partial charge in [0.25, 0.3) is 11.5 Å². The van der Waals surface area contributed by atoms with E-state index in [-0.39, 0.29) is 23.7 Å². The van der Waals surface area contributed by atoms with Gasteiger partial charge in [-0.3, -0.25) is 24.5 Å². The van der Waals surface area contributed by atoms with Gasteiger partial charge < -0.3 is 24.8 Å². The number of aliphatic hydroxyl groups is 3. The Bertz CT molecular complexity index is 1160. The number of amides is 1. The van der Waals surface area contributed by atoms with Crippen LogP contribution in [-0.4, -0.2) is 72.3 Å². The Morgan fingerprint density at radius 1 is 1.35 bits per heavy atom. The third-order valence-corrected chi connectivity index (χ3v) is 4.84. The van der Waals surface area contributed by atoms with Gasteiger partial charge in [-0.25, -0.2) is 4.98 Å². The van der Waals surface area contributed by atoms with Crippen molar-refractivity contribution in [3.05, 3.63) is 46.5 Å². The lowest BCUT2D eigenvalue weighted by atomic mass is 10.1. The normalized spacial score (nSPS) is 23.2. The predicted octanol–water partition coefficient (Wildman–Crippen LogP) is -0.943. The van der Waals surface area contributed by atoms with E-state index in [1.54, 1.807) is 18.2 Å². The Morgan fingerprint density at radius 3 is 2.87 bits per heavy atom. The molecule has 0 radical (unpaired) electrons. The highest BCUT2D eigenvalue weighted by atomic mass is 16.6. The molecule has 2 aromatic heterocycles. The maximum atomic E-state index is 12.3. The molecule has 5 N–H and O–H groups in total. The molecule has 0 aliphatic carbocycles. The number of anilines is 1. The Hall–Kier alpha value is -3.32. The van der Waals surface area contributed by atoms with E-state index in [4.69, 9.17) is 9.47 Å². The Kier molecular flexibility index (Phi) is 5.69. The molecule has 0 saturated carbocycles. The van der Waals surface area contributed by atoms with E-state index in [0.29, 0.717) is 5.75 Å². The number of imidazole rings is 1. The molecule has 12 nitrogen and oxygen atoms in total. The second-order valence-electron chi connectivity index (χ2n) is 7.12. The zero-order chi connectivity index (χ0) is 22.1. The van der Waals surface area contributed by atoms with Crippen molar-refractivity contribution in [3.63, 3.8) is 0 Å². The fourth-order valence-corrected chi connectivity index (χ4v) is 3.30. The molecule has 3 aromatic rings. The maximum Gasteiger partial charge on any atom is 0.280 e. The van der Waals surface area contributed by atoms with Crippen LogP contribution in [0.4, 0.5) is 5.95 Å². The number of aliphatic hydroxyl groups excluding tert-OH is 3. The summed E-state index contributed by atoms with van der Waals surface area (Å²) in [6.45, 7) is 1.09. The fourth-order valence-electron chi connectivity index (χ4n) is 3.30. The predicted molar refractivity (Wildman–Crippen MR) is 106 cm³/mol. The monoisotopic (exact) mass is 431 g/mol. The lowest BCUT2D eigenvalue weighted by molar-refractivity contribution is -0.118. The third-order valence-electron chi connectivity index (χ3n) is 4.84. The Morgan fingerprint density at radius 2 is 2.16 bits per heavy atom. The van der Waals surface area contributed by atoms with E-state index in [1.165, 1.54) is 10.9 Å². The Balaban J connectivity index is 1.54. The number of rotatable bonds is 6. The highest BCUT2D eigenvalue weighted by molar-refractivity contribution is 5.90. The van der Waals surface area contributed by atoms with Gasteiger partial charge in [0.15, 0.2) is 24.0 Å². The molecule has 1 fully saturated rings. The molecular weight excluding hydrogens is 410 g/mol. The highest BCUT2D eigenvalue weighted by Crippen LogP contribution is 2.30. The van der Waals surface area contributed by atoms with Crippen LogP contribution < -0.4 is 15.6 Å². The van der Waals surface area contributed by atoms with Crippen molar-refractivity contribution in [2.75, 3.05) is 18.5 Å². The van der Waals surface area contributed by atoms with Gasteiger partial charge in [-0.1, -0.05) is 12.1 Å². The first-order chi connectivity index (χ1) is 14.9. The van der Waals surface area contributed by atoms with Crippen molar-refractivity contribution < 1.29 is 29.6 Å². The van der Waals surface area contributed by atoms with Gasteiger partial charge >= 0.3 is 0 Å². The van der Waals surface area contributed by atoms with Gasteiger partial charge in [0.1, 0.15) is 24.1 Å². The minimum atomic E-state index is -1.38. The average Bonchev–Trinajstić information content (AvgIpc) is 3.28. The molecule has 1 saturated heterocycles. The number of aromatic nitrogens is 4. The van der Waals surface area contributed by atoms with Crippen LogP contribution in [0.5, 0.6) is 5.75 Å². The Labute approximate surface area is 175 Å². The first kappa shape index (κ1) is 20.9. The van der Waals surface area contributed by atoms with Crippen molar-refractivity contribution in [1.29, 1.82) is 0 Å². The number of benzene rings is 1. The van der Waals surface area contributed by atoms with Gasteiger partial charge in [0.05, 0.1) is 12.9 Å². The number of aromatic amines is 1. The molecule has 0 spiro atoms. The summed E-state index contributed by atoms with van der Waals surface area (Å²) in [6, 6.07) is 7.19. The SMILES string of the molecule is Cc1cccc(OCC(=O)Nc2nc3c(ncn3[C@@H]3O[C@@H](CO)[C@@H](O)[C@H]3O)c(=O)[nH]2)c1. The van der Waals surface area contributed by atoms with Gasteiger partial charge in [-0.15, -0.1) is 0 Å². The second kappa shape index (κ2) is 8.43. The van der Waals surface area contributed by atoms with Gasteiger partial charge in [-0.05, 0) is 24.6 Å². The number of aryl methyl sites for hydroxylation is 1. The molecule has 31 heavy (non-hydrogen) atoms. The highest BCUT2D eigenvalue weighted by Gasteiger charge is 2.44. The van der Waals surface area contributed by atoms with Crippen LogP contribution >= 0.6 is 0 Å². The molecule has 12 heteroatoms. The first-order valence-electron chi connectivity index (χ1n) is 9.46. The van der Waals surface area contributed by atoms with E-state index in [2.05, 4.69) is 20.3 Å². The van der Waals surface area contributed by atoms with Crippen molar-refractivity contribution in [1.82, 2.24) is 19.5 Å². The second-order valence-corrected chi connectivity index (χ2v) is 7.12. The number of hydrogen-bond acceptors (Lipinski definition) is 9. The minimum absolute atomic E-state index is 0.0218. The number of hydrogen-bond donors (Lipinski definition) is 5. The molecule has 0 unspecified atom stereocenters. The summed E-state index contributed by atoms with van der Waals surface area (Å²) in [4.78, 5) is 35.1. The summed E-state index contributed by atoms with van der Waals surface area (Å²) in [5.41, 5.74) is 0.332. The molecular formula is C19H21N5O7. The summed E-state index contributed by atoms with van der Waals surface area (Å²) in [5, 5.41) is 31.9. The standard InChI is InChI=1S/C19H21N5O7/c1-9-3-2-4-10(5-9)30-7-12(26)21-19-22-16-13(17(29)23-19)20-8-24(16)18-15(28)14(27)11(6-25)31-18/h2-5,8,11,14-15,18,25,27-28H,6-7H2,1H3,(H2,21,22,23,26,29)/t11-,14+,15+,18+/m0/s1. The van der Waals surface area contributed by atoms with Crippen molar-refractivity contribution >= 4 is 23.0 Å². The van der Waals surface area contributed by atoms with E-state index in [9.17, 15) is 24.9 Å². The van der Waals surface area contributed by atoms with Crippen LogP contribution in [0.1, 0.15) is 11.8 Å². The number of H-pyrrole nitrogens is 1. The van der Waals surface area contributed by atoms with Gasteiger partial charge in [-0.2, -0.15) is 4.98 Å². The summed E-state index contributed by atoms with van der Waals surface area (Å²) in [7, 11) is 0. The molecule has 1 aliphatic rings. The lowest BCUT2D eigenvalue weighted by Gasteiger charge is -2.16. The molecule has 164 valence electrons. The van der Waals surface area contributed by atoms with Crippen LogP contribution in [0.15, 0.2) is 35.4 Å². The number of carbonyl (C=O) groups excluding carboxylic acids is 1. The van der Waals surface area contributed by atoms with Gasteiger partial charge in [0, 0.05) is 0 Å². The summed E-state index contributed by atoms with van der Waals surface area (Å²) >= 11 is 0. The van der Waals surface area contributed by atoms with Crippen LogP contribution in [-0.2, 0) is 9.53 Å². The zero-order valence-corrected chi connectivity index (χ0v) is 16.4. The van der Waals surface area contributed by atoms with E-state index < -0.39 is 42.6 Å². The van der Waals surface area contributed by atoms with Crippen molar-refractivity contribution in [2.45, 2.75) is 31.5 Å². The molecule has 3 heterocycles. The minimum Gasteiger partial charge on any atom is -0.484 e. The van der Waals surface area contributed by atoms with Crippen LogP contribution in [0.25, 0.3) is 11.2 Å². The quantitative estimate of drug-likeness (QED) is 0.330. The summed E-state index contributed by atoms with van der Waals surface area (Å²) < 4.78 is 12.1. The lowest BCUT2D eigenvalue weighted by Crippen LogP contribution is -2.33. The fraction of sp³-hybridized carbons (Fsp3) is 0.368. The molecule has 4 rings (SSSR count). The van der Waals surface area contributed by atoms with Crippen LogP contribution in [0.2, 0.25) is 0 Å². The zero-order valence-electron chi connectivity index (χ0n) is 16.4. The topological polar surface area (TPSA) is 172 Å². The average molecular weight is 431 g/mol. The number of fused-ring (bicyclic) bond motifs is 1. The number of carbonyl (C=O) groups is 1. The molecule has 1 aliphatic heterocycles. The van der Waals surface area contributed by atoms with Crippen LogP contribution in [0, 0.1) is 6.92 Å². The van der Waals surface area contributed by atoms with Crippen LogP contribution in [0.3, 0.4) is 0 Å². The molecule has 1 amide bonds. The smallest absolute Gasteiger partial charge is 0.280 e. The van der Waals surface area contributed by atoms with Gasteiger partial charge in [0.2, 0.25) is 5.95 Å². The maximum absolute atomic E-state index is 12.3. The molecule has 1 aromatic carbocycles. The molecule has 4 atom stereocenters. The summed E-state index contributed by atoms with van der Waals surface area (Å²) in [5.74, 6) is -0.179. The number of nitrogens with zero attached hydrogens (tertiary/aromatic N) is 3. The first-order valence-corrected chi connectivity index (χ1v) is 9.46. The largest absolute Gasteiger partial charge is 0.484 e. The van der Waals surface area contributed by atoms with E-state index >= 15 is 0 Å². The number of nitrogens with one attached hydrogen (secondary N) is 2. The number of ether oxygens (including phenoxy) is 2. The van der Waals surface area contributed by atoms with E-state index in [1.807, 2.05) is 13.0 Å². The summed E-state index contributed by atoms with van der Waals surface area (Å²) in [6.07, 6.45) is -3.61. The van der Waals surface area contributed by atoms with Crippen molar-refractivity contribution in [2.24, 2.45) is 0 Å². The third kappa shape index (κ3) is 4.14. The molecule has 0 bridgehead atoms. The van der Waals surface area contributed by atoms with Crippen molar-refractivity contribution in [3.8, 4) is 5.75 Å². The van der Waals surface area contributed by atoms with E-state index in [0.717, 1.165) is 5.56 Å².